The number of fused-ring (bicyclic) bond motifs is 1. The lowest BCUT2D eigenvalue weighted by atomic mass is 9.93. The van der Waals surface area contributed by atoms with Gasteiger partial charge in [-0.15, -0.1) is 0 Å². The summed E-state index contributed by atoms with van der Waals surface area (Å²) >= 11 is 3.77. The lowest BCUT2D eigenvalue weighted by molar-refractivity contribution is 0.697. The number of aryl methyl sites for hydroxylation is 1. The van der Waals surface area contributed by atoms with Gasteiger partial charge in [0.1, 0.15) is 0 Å². The molecular weight excluding hydrogens is 274 g/mol. The van der Waals surface area contributed by atoms with Crippen LogP contribution in [0.2, 0.25) is 0 Å². The topological polar surface area (TPSA) is 12.9 Å². The minimum atomic E-state index is 0.506. The van der Waals surface area contributed by atoms with Gasteiger partial charge in [0.15, 0.2) is 0 Å². The summed E-state index contributed by atoms with van der Waals surface area (Å²) in [6.45, 7) is 6.56. The van der Waals surface area contributed by atoms with E-state index in [1.54, 1.807) is 0 Å². The number of alkyl halides is 1. The van der Waals surface area contributed by atoms with Crippen LogP contribution in [0.1, 0.15) is 37.4 Å². The molecule has 1 nitrogen and oxygen atoms in total. The molecular formula is C15H18BrN. The number of hydrogen-bond acceptors (Lipinski definition) is 1. The van der Waals surface area contributed by atoms with Crippen LogP contribution in [0, 0.1) is 6.92 Å². The minimum absolute atomic E-state index is 0.506. The summed E-state index contributed by atoms with van der Waals surface area (Å²) in [5.41, 5.74) is 3.60. The van der Waals surface area contributed by atoms with Crippen molar-refractivity contribution in [1.82, 2.24) is 4.98 Å². The smallest absolute Gasteiger partial charge is 0.0708 e. The maximum atomic E-state index is 4.59. The molecule has 2 aromatic rings. The summed E-state index contributed by atoms with van der Waals surface area (Å²) in [7, 11) is 0. The summed E-state index contributed by atoms with van der Waals surface area (Å²) in [6.07, 6.45) is 1.14. The quantitative estimate of drug-likeness (QED) is 0.739. The van der Waals surface area contributed by atoms with Crippen LogP contribution in [0.15, 0.2) is 30.3 Å². The zero-order valence-electron chi connectivity index (χ0n) is 10.6. The molecule has 0 saturated carbocycles. The first-order valence-electron chi connectivity index (χ1n) is 6.13. The standard InChI is InChI=1S/C15H18BrN/c1-4-14(16)11(3)13-9-10(2)17-15-8-6-5-7-12(13)15/h5-9,11,14H,4H2,1-3H3. The van der Waals surface area contributed by atoms with E-state index in [4.69, 9.17) is 0 Å². The van der Waals surface area contributed by atoms with E-state index in [0.29, 0.717) is 10.7 Å². The van der Waals surface area contributed by atoms with Crippen LogP contribution in [0.25, 0.3) is 10.9 Å². The number of hydrogen-bond donors (Lipinski definition) is 0. The molecule has 2 rings (SSSR count). The molecule has 1 heterocycles. The summed E-state index contributed by atoms with van der Waals surface area (Å²) in [5.74, 6) is 0.506. The van der Waals surface area contributed by atoms with Gasteiger partial charge in [0.05, 0.1) is 5.52 Å². The van der Waals surface area contributed by atoms with E-state index < -0.39 is 0 Å². The van der Waals surface area contributed by atoms with Gasteiger partial charge in [0.2, 0.25) is 0 Å². The van der Waals surface area contributed by atoms with Crippen LogP contribution in [-0.2, 0) is 0 Å². The van der Waals surface area contributed by atoms with Crippen LogP contribution in [0.3, 0.4) is 0 Å². The van der Waals surface area contributed by atoms with Crippen LogP contribution < -0.4 is 0 Å². The summed E-state index contributed by atoms with van der Waals surface area (Å²) in [5, 5.41) is 1.28. The first kappa shape index (κ1) is 12.6. The Labute approximate surface area is 111 Å². The number of pyridine rings is 1. The molecule has 0 N–H and O–H groups in total. The molecule has 1 aromatic heterocycles. The molecule has 2 heteroatoms. The van der Waals surface area contributed by atoms with Gasteiger partial charge in [0, 0.05) is 15.9 Å². The fourth-order valence-electron chi connectivity index (χ4n) is 2.27. The number of rotatable bonds is 3. The number of benzene rings is 1. The van der Waals surface area contributed by atoms with Crippen LogP contribution >= 0.6 is 15.9 Å². The molecule has 0 bridgehead atoms. The van der Waals surface area contributed by atoms with Gasteiger partial charge in [-0.25, -0.2) is 0 Å². The fraction of sp³-hybridized carbons (Fsp3) is 0.400. The van der Waals surface area contributed by atoms with Crippen molar-refractivity contribution in [2.45, 2.75) is 37.9 Å². The fourth-order valence-corrected chi connectivity index (χ4v) is 2.55. The van der Waals surface area contributed by atoms with E-state index in [1.807, 2.05) is 0 Å². The molecule has 2 atom stereocenters. The Bertz CT molecular complexity index is 521. The molecule has 0 amide bonds. The predicted octanol–water partition coefficient (Wildman–Crippen LogP) is 4.82. The third kappa shape index (κ3) is 2.52. The highest BCUT2D eigenvalue weighted by molar-refractivity contribution is 9.09. The van der Waals surface area contributed by atoms with Gasteiger partial charge < -0.3 is 0 Å². The van der Waals surface area contributed by atoms with Crippen molar-refractivity contribution >= 4 is 26.8 Å². The zero-order chi connectivity index (χ0) is 12.4. The van der Waals surface area contributed by atoms with Crippen molar-refractivity contribution in [3.8, 4) is 0 Å². The van der Waals surface area contributed by atoms with E-state index in [2.05, 4.69) is 72.0 Å². The molecule has 0 aliphatic heterocycles. The average molecular weight is 292 g/mol. The zero-order valence-corrected chi connectivity index (χ0v) is 12.2. The van der Waals surface area contributed by atoms with Crippen LogP contribution in [0.5, 0.6) is 0 Å². The summed E-state index contributed by atoms with van der Waals surface area (Å²) < 4.78 is 0. The number of nitrogens with zero attached hydrogens (tertiary/aromatic N) is 1. The predicted molar refractivity (Wildman–Crippen MR) is 77.9 cm³/mol. The lowest BCUT2D eigenvalue weighted by Gasteiger charge is -2.19. The molecule has 0 saturated heterocycles. The van der Waals surface area contributed by atoms with Gasteiger partial charge in [0.25, 0.3) is 0 Å². The second-order valence-corrected chi connectivity index (χ2v) is 5.76. The van der Waals surface area contributed by atoms with E-state index >= 15 is 0 Å². The van der Waals surface area contributed by atoms with Crippen molar-refractivity contribution in [2.75, 3.05) is 0 Å². The maximum absolute atomic E-state index is 4.59. The Hall–Kier alpha value is -0.890. The van der Waals surface area contributed by atoms with Crippen LogP contribution in [-0.4, -0.2) is 9.81 Å². The average Bonchev–Trinajstić information content (AvgIpc) is 2.35. The maximum Gasteiger partial charge on any atom is 0.0708 e. The molecule has 0 aliphatic rings. The minimum Gasteiger partial charge on any atom is -0.253 e. The summed E-state index contributed by atoms with van der Waals surface area (Å²) in [4.78, 5) is 5.11. The Morgan fingerprint density at radius 3 is 2.71 bits per heavy atom. The molecule has 0 aliphatic carbocycles. The van der Waals surface area contributed by atoms with Crippen LogP contribution in [0.4, 0.5) is 0 Å². The number of aromatic nitrogens is 1. The van der Waals surface area contributed by atoms with Gasteiger partial charge in [-0.05, 0) is 37.0 Å². The van der Waals surface area contributed by atoms with E-state index in [-0.39, 0.29) is 0 Å². The Morgan fingerprint density at radius 1 is 1.29 bits per heavy atom. The normalized spacial score (nSPS) is 14.8. The first-order chi connectivity index (χ1) is 8.13. The highest BCUT2D eigenvalue weighted by Gasteiger charge is 2.17. The van der Waals surface area contributed by atoms with Crippen molar-refractivity contribution in [3.05, 3.63) is 41.6 Å². The molecule has 0 radical (unpaired) electrons. The van der Waals surface area contributed by atoms with Crippen molar-refractivity contribution in [1.29, 1.82) is 0 Å². The highest BCUT2D eigenvalue weighted by atomic mass is 79.9. The molecule has 2 unspecified atom stereocenters. The largest absolute Gasteiger partial charge is 0.253 e. The highest BCUT2D eigenvalue weighted by Crippen LogP contribution is 2.31. The third-order valence-electron chi connectivity index (χ3n) is 3.30. The molecule has 0 spiro atoms. The van der Waals surface area contributed by atoms with E-state index in [0.717, 1.165) is 17.6 Å². The Kier molecular flexibility index (Phi) is 3.82. The lowest BCUT2D eigenvalue weighted by Crippen LogP contribution is -2.09. The molecule has 90 valence electrons. The van der Waals surface area contributed by atoms with E-state index in [9.17, 15) is 0 Å². The van der Waals surface area contributed by atoms with Crippen molar-refractivity contribution in [3.63, 3.8) is 0 Å². The number of para-hydroxylation sites is 1. The van der Waals surface area contributed by atoms with Gasteiger partial charge >= 0.3 is 0 Å². The molecule has 17 heavy (non-hydrogen) atoms. The first-order valence-corrected chi connectivity index (χ1v) is 7.05. The second-order valence-electron chi connectivity index (χ2n) is 4.58. The molecule has 1 aromatic carbocycles. The van der Waals surface area contributed by atoms with Gasteiger partial charge in [-0.1, -0.05) is 48.0 Å². The Balaban J connectivity index is 2.59. The van der Waals surface area contributed by atoms with Crippen molar-refractivity contribution in [2.24, 2.45) is 0 Å². The SMILES string of the molecule is CCC(Br)C(C)c1cc(C)nc2ccccc12. The number of halogens is 1. The monoisotopic (exact) mass is 291 g/mol. The molecule has 0 fully saturated rings. The Morgan fingerprint density at radius 2 is 2.00 bits per heavy atom. The second kappa shape index (κ2) is 5.18. The van der Waals surface area contributed by atoms with E-state index in [1.165, 1.54) is 10.9 Å². The summed E-state index contributed by atoms with van der Waals surface area (Å²) in [6, 6.07) is 10.6. The van der Waals surface area contributed by atoms with Gasteiger partial charge in [-0.2, -0.15) is 0 Å². The van der Waals surface area contributed by atoms with Crippen molar-refractivity contribution < 1.29 is 0 Å². The third-order valence-corrected chi connectivity index (χ3v) is 4.74. The van der Waals surface area contributed by atoms with Gasteiger partial charge in [-0.3, -0.25) is 4.98 Å².